The predicted octanol–water partition coefficient (Wildman–Crippen LogP) is 3.47. The highest BCUT2D eigenvalue weighted by Crippen LogP contribution is 2.22. The molecular formula is C28H38N4O12. The highest BCUT2D eigenvalue weighted by molar-refractivity contribution is 5.69. The molecule has 4 N–H and O–H groups in total. The number of rotatable bonds is 13. The first-order chi connectivity index (χ1) is 20.3. The van der Waals surface area contributed by atoms with Gasteiger partial charge in [-0.1, -0.05) is 12.1 Å². The van der Waals surface area contributed by atoms with Crippen LogP contribution in [0.15, 0.2) is 48.5 Å². The van der Waals surface area contributed by atoms with Gasteiger partial charge in [-0.3, -0.25) is 20.2 Å². The van der Waals surface area contributed by atoms with Crippen LogP contribution >= 0.6 is 0 Å². The highest BCUT2D eigenvalue weighted by atomic mass is 16.6. The fraction of sp³-hybridized carbons (Fsp3) is 0.500. The molecule has 4 atom stereocenters. The second-order valence-electron chi connectivity index (χ2n) is 11.6. The molecule has 0 heterocycles. The SMILES string of the molecule is CC(C)(C)OC(=O)N[C@@H](COc1cccc([N+](=O)[O-])c1)[C@@H](O)[C@H](O)[C@H](COc1cccc([N+](=O)[O-])c1)NC(=O)OC(C)(C)C. The van der Waals surface area contributed by atoms with Crippen molar-refractivity contribution in [3.63, 3.8) is 0 Å². The zero-order chi connectivity index (χ0) is 33.2. The molecule has 0 spiro atoms. The lowest BCUT2D eigenvalue weighted by Crippen LogP contribution is -2.59. The maximum Gasteiger partial charge on any atom is 0.408 e. The number of nitrogens with one attached hydrogen (secondary N) is 2. The van der Waals surface area contributed by atoms with Crippen molar-refractivity contribution >= 4 is 23.6 Å². The number of nitro benzene ring substituents is 2. The quantitative estimate of drug-likeness (QED) is 0.186. The fourth-order valence-corrected chi connectivity index (χ4v) is 3.59. The van der Waals surface area contributed by atoms with Gasteiger partial charge in [-0.05, 0) is 53.7 Å². The number of nitro groups is 2. The van der Waals surface area contributed by atoms with Crippen LogP contribution in [0.5, 0.6) is 11.5 Å². The summed E-state index contributed by atoms with van der Waals surface area (Å²) in [5.74, 6) is 0.0728. The number of alkyl carbamates (subject to hydrolysis) is 2. The van der Waals surface area contributed by atoms with E-state index < -0.39 is 70.7 Å². The maximum atomic E-state index is 12.6. The maximum absolute atomic E-state index is 12.6. The van der Waals surface area contributed by atoms with E-state index in [0.717, 1.165) is 12.1 Å². The van der Waals surface area contributed by atoms with Crippen LogP contribution in [0.4, 0.5) is 21.0 Å². The van der Waals surface area contributed by atoms with Gasteiger partial charge in [0.05, 0.1) is 34.1 Å². The number of amides is 2. The van der Waals surface area contributed by atoms with Gasteiger partial charge in [-0.2, -0.15) is 0 Å². The summed E-state index contributed by atoms with van der Waals surface area (Å²) in [6, 6.07) is 7.56. The molecule has 2 aromatic rings. The van der Waals surface area contributed by atoms with Crippen LogP contribution in [0, 0.1) is 20.2 Å². The number of ether oxygens (including phenoxy) is 4. The van der Waals surface area contributed by atoms with E-state index in [4.69, 9.17) is 18.9 Å². The number of benzene rings is 2. The minimum absolute atomic E-state index is 0.0364. The first-order valence-electron chi connectivity index (χ1n) is 13.4. The molecule has 0 bridgehead atoms. The molecule has 0 fully saturated rings. The second kappa shape index (κ2) is 15.2. The summed E-state index contributed by atoms with van der Waals surface area (Å²) in [5, 5.41) is 49.6. The van der Waals surface area contributed by atoms with E-state index in [2.05, 4.69) is 10.6 Å². The number of non-ortho nitro benzene ring substituents is 2. The van der Waals surface area contributed by atoms with Gasteiger partial charge in [0.15, 0.2) is 0 Å². The van der Waals surface area contributed by atoms with Crippen molar-refractivity contribution < 1.29 is 48.6 Å². The molecule has 0 radical (unpaired) electrons. The van der Waals surface area contributed by atoms with Crippen LogP contribution in [0.2, 0.25) is 0 Å². The fourth-order valence-electron chi connectivity index (χ4n) is 3.59. The third kappa shape index (κ3) is 12.3. The normalized spacial score (nSPS) is 14.3. The topological polar surface area (TPSA) is 222 Å². The van der Waals surface area contributed by atoms with Crippen molar-refractivity contribution in [2.24, 2.45) is 0 Å². The van der Waals surface area contributed by atoms with Crippen LogP contribution in [0.1, 0.15) is 41.5 Å². The van der Waals surface area contributed by atoms with Crippen LogP contribution in [-0.2, 0) is 9.47 Å². The lowest BCUT2D eigenvalue weighted by Gasteiger charge is -2.33. The smallest absolute Gasteiger partial charge is 0.408 e. The van der Waals surface area contributed by atoms with Gasteiger partial charge in [0, 0.05) is 12.1 Å². The zero-order valence-electron chi connectivity index (χ0n) is 25.2. The van der Waals surface area contributed by atoms with Crippen LogP contribution in [0.25, 0.3) is 0 Å². The Balaban J connectivity index is 2.33. The largest absolute Gasteiger partial charge is 0.491 e. The second-order valence-corrected chi connectivity index (χ2v) is 11.6. The minimum atomic E-state index is -1.85. The zero-order valence-corrected chi connectivity index (χ0v) is 25.2. The number of carbonyl (C=O) groups excluding carboxylic acids is 2. The van der Waals surface area contributed by atoms with Gasteiger partial charge < -0.3 is 39.8 Å². The van der Waals surface area contributed by atoms with Gasteiger partial charge in [-0.25, -0.2) is 9.59 Å². The molecular weight excluding hydrogens is 584 g/mol. The first-order valence-corrected chi connectivity index (χ1v) is 13.4. The Hall–Kier alpha value is -4.70. The number of carbonyl (C=O) groups is 2. The molecule has 0 aliphatic rings. The van der Waals surface area contributed by atoms with Crippen molar-refractivity contribution in [1.82, 2.24) is 10.6 Å². The molecule has 16 heteroatoms. The van der Waals surface area contributed by atoms with Crippen molar-refractivity contribution in [3.05, 3.63) is 68.8 Å². The van der Waals surface area contributed by atoms with E-state index in [1.807, 2.05) is 0 Å². The van der Waals surface area contributed by atoms with Gasteiger partial charge in [0.2, 0.25) is 0 Å². The Bertz CT molecular complexity index is 1210. The Labute approximate surface area is 253 Å². The summed E-state index contributed by atoms with van der Waals surface area (Å²) in [6.45, 7) is 8.66. The van der Waals surface area contributed by atoms with Crippen molar-refractivity contribution in [3.8, 4) is 11.5 Å². The van der Waals surface area contributed by atoms with Gasteiger partial charge in [0.1, 0.15) is 48.1 Å². The van der Waals surface area contributed by atoms with Gasteiger partial charge in [0.25, 0.3) is 11.4 Å². The first kappa shape index (κ1) is 35.5. The molecule has 44 heavy (non-hydrogen) atoms. The number of aliphatic hydroxyl groups is 2. The number of aliphatic hydroxyl groups excluding tert-OH is 2. The molecule has 16 nitrogen and oxygen atoms in total. The van der Waals surface area contributed by atoms with Crippen molar-refractivity contribution in [1.29, 1.82) is 0 Å². The Morgan fingerprint density at radius 3 is 1.36 bits per heavy atom. The Morgan fingerprint density at radius 2 is 1.07 bits per heavy atom. The molecule has 0 unspecified atom stereocenters. The monoisotopic (exact) mass is 622 g/mol. The highest BCUT2D eigenvalue weighted by Gasteiger charge is 2.37. The molecule has 2 aromatic carbocycles. The molecule has 2 amide bonds. The van der Waals surface area contributed by atoms with Gasteiger partial charge >= 0.3 is 12.2 Å². The van der Waals surface area contributed by atoms with E-state index in [-0.39, 0.29) is 22.9 Å². The van der Waals surface area contributed by atoms with Crippen molar-refractivity contribution in [2.45, 2.75) is 77.0 Å². The molecule has 0 saturated heterocycles. The summed E-state index contributed by atoms with van der Waals surface area (Å²) >= 11 is 0. The van der Waals surface area contributed by atoms with E-state index in [1.165, 1.54) is 36.4 Å². The predicted molar refractivity (Wildman–Crippen MR) is 156 cm³/mol. The van der Waals surface area contributed by atoms with Crippen LogP contribution in [-0.4, -0.2) is 81.0 Å². The average molecular weight is 623 g/mol. The lowest BCUT2D eigenvalue weighted by molar-refractivity contribution is -0.385. The van der Waals surface area contributed by atoms with Crippen LogP contribution < -0.4 is 20.1 Å². The van der Waals surface area contributed by atoms with E-state index in [0.29, 0.717) is 0 Å². The van der Waals surface area contributed by atoms with Gasteiger partial charge in [-0.15, -0.1) is 0 Å². The Kier molecular flexibility index (Phi) is 12.2. The lowest BCUT2D eigenvalue weighted by atomic mass is 10.00. The summed E-state index contributed by atoms with van der Waals surface area (Å²) in [7, 11) is 0. The third-order valence-corrected chi connectivity index (χ3v) is 5.49. The molecule has 0 aliphatic carbocycles. The average Bonchev–Trinajstić information content (AvgIpc) is 2.90. The molecule has 2 rings (SSSR count). The summed E-state index contributed by atoms with van der Waals surface area (Å²) in [4.78, 5) is 46.3. The third-order valence-electron chi connectivity index (χ3n) is 5.49. The summed E-state index contributed by atoms with van der Waals surface area (Å²) < 4.78 is 21.7. The number of hydrogen-bond acceptors (Lipinski definition) is 12. The van der Waals surface area contributed by atoms with Crippen molar-refractivity contribution in [2.75, 3.05) is 13.2 Å². The van der Waals surface area contributed by atoms with E-state index in [1.54, 1.807) is 41.5 Å². The summed E-state index contributed by atoms with van der Waals surface area (Å²) in [6.07, 6.45) is -5.65. The number of hydrogen-bond donors (Lipinski definition) is 4. The van der Waals surface area contributed by atoms with E-state index in [9.17, 15) is 40.0 Å². The number of nitrogens with zero attached hydrogens (tertiary/aromatic N) is 2. The molecule has 242 valence electrons. The minimum Gasteiger partial charge on any atom is -0.491 e. The standard InChI is InChI=1S/C28H38N4O12/c1-27(2,3)43-25(35)29-21(15-41-19-11-7-9-17(13-19)31(37)38)23(33)24(34)22(30-26(36)44-28(4,5)6)16-42-20-12-8-10-18(14-20)32(39)40/h7-14,21-24,33-34H,15-16H2,1-6H3,(H,29,35)(H,30,36)/t21-,22-,23+,24+/m0/s1. The van der Waals surface area contributed by atoms with Crippen LogP contribution in [0.3, 0.4) is 0 Å². The molecule has 0 aromatic heterocycles. The Morgan fingerprint density at radius 1 is 0.727 bits per heavy atom. The van der Waals surface area contributed by atoms with E-state index >= 15 is 0 Å². The molecule has 0 saturated carbocycles. The summed E-state index contributed by atoms with van der Waals surface area (Å²) in [5.41, 5.74) is -2.38. The molecule has 0 aliphatic heterocycles.